The van der Waals surface area contributed by atoms with Crippen LogP contribution < -0.4 is 9.47 Å². The summed E-state index contributed by atoms with van der Waals surface area (Å²) in [5, 5.41) is 9.98. The van der Waals surface area contributed by atoms with Crippen molar-refractivity contribution in [2.24, 2.45) is 5.92 Å². The van der Waals surface area contributed by atoms with E-state index in [1.165, 1.54) is 0 Å². The predicted molar refractivity (Wildman–Crippen MR) is 99.1 cm³/mol. The highest BCUT2D eigenvalue weighted by atomic mass is 16.6. The number of methoxy groups -OCH3 is 1. The minimum atomic E-state index is -0.565. The van der Waals surface area contributed by atoms with Gasteiger partial charge in [-0.1, -0.05) is 13.8 Å². The van der Waals surface area contributed by atoms with Crippen LogP contribution in [0.5, 0.6) is 11.5 Å². The molecule has 2 fully saturated rings. The fraction of sp³-hybridized carbons (Fsp3) is 0.550. The lowest BCUT2D eigenvalue weighted by atomic mass is 10.1. The molecule has 0 amide bonds. The van der Waals surface area contributed by atoms with Crippen molar-refractivity contribution in [1.82, 2.24) is 9.55 Å². The summed E-state index contributed by atoms with van der Waals surface area (Å²) in [6, 6.07) is 5.81. The largest absolute Gasteiger partial charge is 0.493 e. The van der Waals surface area contributed by atoms with Crippen LogP contribution in [0, 0.1) is 5.92 Å². The molecule has 2 aromatic rings. The number of aromatic nitrogens is 2. The summed E-state index contributed by atoms with van der Waals surface area (Å²) >= 11 is 0. The normalized spacial score (nSPS) is 27.1. The van der Waals surface area contributed by atoms with Gasteiger partial charge < -0.3 is 28.6 Å². The molecule has 0 aliphatic carbocycles. The van der Waals surface area contributed by atoms with Crippen molar-refractivity contribution in [2.75, 3.05) is 26.9 Å². The van der Waals surface area contributed by atoms with Crippen LogP contribution in [0.3, 0.4) is 0 Å². The molecule has 2 saturated heterocycles. The first-order chi connectivity index (χ1) is 13.1. The number of aliphatic hydroxyl groups excluding tert-OH is 1. The van der Waals surface area contributed by atoms with Gasteiger partial charge in [-0.25, -0.2) is 4.98 Å². The van der Waals surface area contributed by atoms with Gasteiger partial charge in [0, 0.05) is 18.0 Å². The average Bonchev–Trinajstić information content (AvgIpc) is 3.37. The summed E-state index contributed by atoms with van der Waals surface area (Å²) in [5.74, 6) is 2.64. The molecule has 2 aliphatic rings. The number of rotatable bonds is 6. The van der Waals surface area contributed by atoms with Crippen LogP contribution in [-0.2, 0) is 9.47 Å². The van der Waals surface area contributed by atoms with Gasteiger partial charge in [0.2, 0.25) is 0 Å². The maximum Gasteiger partial charge on any atom is 0.161 e. The lowest BCUT2D eigenvalue weighted by Crippen LogP contribution is -2.30. The van der Waals surface area contributed by atoms with E-state index in [0.717, 1.165) is 17.1 Å². The number of imidazole rings is 1. The minimum Gasteiger partial charge on any atom is -0.493 e. The predicted octanol–water partition coefficient (Wildman–Crippen LogP) is 2.29. The van der Waals surface area contributed by atoms with Crippen molar-refractivity contribution in [1.29, 1.82) is 0 Å². The Bertz CT molecular complexity index is 790. The zero-order valence-corrected chi connectivity index (χ0v) is 15.9. The first kappa shape index (κ1) is 18.3. The topological polar surface area (TPSA) is 75.0 Å². The third-order valence-electron chi connectivity index (χ3n) is 5.02. The smallest absolute Gasteiger partial charge is 0.161 e. The summed E-state index contributed by atoms with van der Waals surface area (Å²) < 4.78 is 25.0. The summed E-state index contributed by atoms with van der Waals surface area (Å²) in [5.41, 5.74) is 0.927. The molecule has 0 saturated carbocycles. The molecule has 1 aromatic heterocycles. The number of aliphatic hydroxyl groups is 1. The van der Waals surface area contributed by atoms with Gasteiger partial charge in [0.05, 0.1) is 33.0 Å². The van der Waals surface area contributed by atoms with E-state index in [9.17, 15) is 5.11 Å². The molecule has 2 aliphatic heterocycles. The quantitative estimate of drug-likeness (QED) is 0.836. The highest BCUT2D eigenvalue weighted by molar-refractivity contribution is 5.61. The van der Waals surface area contributed by atoms with Crippen LogP contribution >= 0.6 is 0 Å². The molecule has 3 heterocycles. The highest BCUT2D eigenvalue weighted by Crippen LogP contribution is 2.38. The van der Waals surface area contributed by atoms with Gasteiger partial charge in [0.1, 0.15) is 24.1 Å². The molecule has 1 N–H and O–H groups in total. The molecule has 1 aromatic carbocycles. The molecule has 0 spiro atoms. The highest BCUT2D eigenvalue weighted by Gasteiger charge is 2.48. The SMILES string of the molecule is COc1cc(-c2nccn2[C@H]2CO[C@H]3[C@@H]2OC[C@H]3O)ccc1OCC(C)C. The van der Waals surface area contributed by atoms with Gasteiger partial charge in [0.15, 0.2) is 11.5 Å². The Hall–Kier alpha value is -2.09. The van der Waals surface area contributed by atoms with Crippen molar-refractivity contribution in [3.63, 3.8) is 0 Å². The molecular weight excluding hydrogens is 348 g/mol. The van der Waals surface area contributed by atoms with Crippen LogP contribution in [0.4, 0.5) is 0 Å². The second kappa shape index (κ2) is 7.50. The van der Waals surface area contributed by atoms with Crippen LogP contribution in [0.15, 0.2) is 30.6 Å². The van der Waals surface area contributed by atoms with E-state index in [0.29, 0.717) is 31.5 Å². The Morgan fingerprint density at radius 2 is 2.04 bits per heavy atom. The summed E-state index contributed by atoms with van der Waals surface area (Å²) in [6.45, 7) is 5.65. The van der Waals surface area contributed by atoms with E-state index < -0.39 is 6.10 Å². The molecule has 0 radical (unpaired) electrons. The van der Waals surface area contributed by atoms with E-state index in [1.807, 2.05) is 24.4 Å². The van der Waals surface area contributed by atoms with Crippen LogP contribution in [0.2, 0.25) is 0 Å². The zero-order valence-electron chi connectivity index (χ0n) is 15.9. The Morgan fingerprint density at radius 1 is 1.22 bits per heavy atom. The standard InChI is InChI=1S/C20H26N2O5/c1-12(2)9-25-16-5-4-13(8-17(16)24-3)20-21-6-7-22(20)14-10-26-19-15(23)11-27-18(14)19/h4-8,12,14-15,18-19,23H,9-11H2,1-3H3/t14-,15+,18+,19+/m0/s1. The Balaban J connectivity index is 1.61. The van der Waals surface area contributed by atoms with Gasteiger partial charge in [-0.05, 0) is 24.1 Å². The fourth-order valence-electron chi connectivity index (χ4n) is 3.68. The van der Waals surface area contributed by atoms with Gasteiger partial charge in [-0.3, -0.25) is 0 Å². The number of hydrogen-bond donors (Lipinski definition) is 1. The van der Waals surface area contributed by atoms with Gasteiger partial charge in [-0.15, -0.1) is 0 Å². The van der Waals surface area contributed by atoms with Gasteiger partial charge in [-0.2, -0.15) is 0 Å². The molecule has 4 atom stereocenters. The number of hydrogen-bond acceptors (Lipinski definition) is 6. The van der Waals surface area contributed by atoms with E-state index >= 15 is 0 Å². The first-order valence-corrected chi connectivity index (χ1v) is 9.33. The van der Waals surface area contributed by atoms with Crippen molar-refractivity contribution >= 4 is 0 Å². The van der Waals surface area contributed by atoms with E-state index in [2.05, 4.69) is 23.4 Å². The van der Waals surface area contributed by atoms with Crippen molar-refractivity contribution in [2.45, 2.75) is 38.2 Å². The lowest BCUT2D eigenvalue weighted by molar-refractivity contribution is 0.0172. The summed E-state index contributed by atoms with van der Waals surface area (Å²) in [4.78, 5) is 4.54. The zero-order chi connectivity index (χ0) is 19.0. The molecular formula is C20H26N2O5. The van der Waals surface area contributed by atoms with Crippen LogP contribution in [0.25, 0.3) is 11.4 Å². The molecule has 0 unspecified atom stereocenters. The molecule has 0 bridgehead atoms. The molecule has 27 heavy (non-hydrogen) atoms. The fourth-order valence-corrected chi connectivity index (χ4v) is 3.68. The lowest BCUT2D eigenvalue weighted by Gasteiger charge is -2.20. The second-order valence-corrected chi connectivity index (χ2v) is 7.46. The van der Waals surface area contributed by atoms with Crippen molar-refractivity contribution in [3.05, 3.63) is 30.6 Å². The first-order valence-electron chi connectivity index (χ1n) is 9.33. The van der Waals surface area contributed by atoms with Crippen LogP contribution in [0.1, 0.15) is 19.9 Å². The monoisotopic (exact) mass is 374 g/mol. The summed E-state index contributed by atoms with van der Waals surface area (Å²) in [6.07, 6.45) is 2.69. The van der Waals surface area contributed by atoms with E-state index in [4.69, 9.17) is 18.9 Å². The minimum absolute atomic E-state index is 0.0208. The van der Waals surface area contributed by atoms with Crippen LogP contribution in [-0.4, -0.2) is 59.9 Å². The molecule has 7 heteroatoms. The maximum atomic E-state index is 9.98. The Labute approximate surface area is 158 Å². The number of ether oxygens (including phenoxy) is 4. The Morgan fingerprint density at radius 3 is 2.81 bits per heavy atom. The van der Waals surface area contributed by atoms with E-state index in [1.54, 1.807) is 13.3 Å². The number of nitrogens with zero attached hydrogens (tertiary/aromatic N) is 2. The summed E-state index contributed by atoms with van der Waals surface area (Å²) in [7, 11) is 1.64. The number of fused-ring (bicyclic) bond motifs is 1. The van der Waals surface area contributed by atoms with E-state index in [-0.39, 0.29) is 18.2 Å². The Kier molecular flexibility index (Phi) is 5.08. The van der Waals surface area contributed by atoms with Gasteiger partial charge >= 0.3 is 0 Å². The third kappa shape index (κ3) is 3.42. The van der Waals surface area contributed by atoms with Crippen molar-refractivity contribution < 1.29 is 24.1 Å². The maximum absolute atomic E-state index is 9.98. The molecule has 4 rings (SSSR count). The third-order valence-corrected chi connectivity index (χ3v) is 5.02. The molecule has 146 valence electrons. The van der Waals surface area contributed by atoms with Crippen molar-refractivity contribution in [3.8, 4) is 22.9 Å². The van der Waals surface area contributed by atoms with Gasteiger partial charge in [0.25, 0.3) is 0 Å². The number of benzene rings is 1. The second-order valence-electron chi connectivity index (χ2n) is 7.46. The average molecular weight is 374 g/mol. The molecule has 7 nitrogen and oxygen atoms in total.